The maximum Gasteiger partial charge on any atom is 0.248 e. The molecule has 3 heterocycles. The molecule has 4 aromatic rings. The van der Waals surface area contributed by atoms with Crippen LogP contribution in [0.25, 0.3) is 0 Å². The third kappa shape index (κ3) is 6.42. The number of hydrogen-bond acceptors (Lipinski definition) is 6. The van der Waals surface area contributed by atoms with Crippen LogP contribution in [0.3, 0.4) is 0 Å². The molecule has 1 aliphatic carbocycles. The molecule has 0 bridgehead atoms. The van der Waals surface area contributed by atoms with E-state index >= 15 is 0 Å². The quantitative estimate of drug-likeness (QED) is 0.249. The molecule has 12 heteroatoms. The predicted octanol–water partition coefficient (Wildman–Crippen LogP) is 6.42. The van der Waals surface area contributed by atoms with Crippen LogP contribution in [0, 0.1) is 17.6 Å². The summed E-state index contributed by atoms with van der Waals surface area (Å²) in [4.78, 5) is 35.0. The second-order valence-electron chi connectivity index (χ2n) is 12.6. The zero-order chi connectivity index (χ0) is 35.0. The van der Waals surface area contributed by atoms with Crippen molar-refractivity contribution < 1.29 is 28.2 Å². The van der Waals surface area contributed by atoms with E-state index in [0.29, 0.717) is 69.3 Å². The van der Waals surface area contributed by atoms with Crippen LogP contribution >= 0.6 is 23.2 Å². The first kappa shape index (κ1) is 34.3. The number of nitrogens with zero attached hydrogens (tertiary/aromatic N) is 4. The topological polar surface area (TPSA) is 85.7 Å². The Kier molecular flexibility index (Phi) is 9.74. The summed E-state index contributed by atoms with van der Waals surface area (Å²) in [6.07, 6.45) is 2.29. The van der Waals surface area contributed by atoms with Gasteiger partial charge in [-0.3, -0.25) is 19.5 Å². The highest BCUT2D eigenvalue weighted by Crippen LogP contribution is 2.48. The molecule has 4 aromatic carbocycles. The summed E-state index contributed by atoms with van der Waals surface area (Å²) in [5.74, 6) is -0.450. The Labute approximate surface area is 298 Å². The van der Waals surface area contributed by atoms with Gasteiger partial charge in [-0.1, -0.05) is 53.5 Å². The Morgan fingerprint density at radius 2 is 1.52 bits per heavy atom. The van der Waals surface area contributed by atoms with Gasteiger partial charge >= 0.3 is 0 Å². The van der Waals surface area contributed by atoms with Gasteiger partial charge in [-0.25, -0.2) is 8.78 Å². The van der Waals surface area contributed by atoms with Crippen LogP contribution in [0.5, 0.6) is 0 Å². The highest BCUT2D eigenvalue weighted by Gasteiger charge is 2.52. The maximum atomic E-state index is 14.8. The predicted molar refractivity (Wildman–Crippen MR) is 189 cm³/mol. The van der Waals surface area contributed by atoms with Gasteiger partial charge in [0.2, 0.25) is 11.8 Å². The van der Waals surface area contributed by atoms with Crippen LogP contribution in [0.2, 0.25) is 10.0 Å². The average molecular weight is 720 g/mol. The van der Waals surface area contributed by atoms with E-state index in [0.717, 1.165) is 18.5 Å². The lowest BCUT2D eigenvalue weighted by Gasteiger charge is -2.37. The lowest BCUT2D eigenvalue weighted by atomic mass is 9.91. The van der Waals surface area contributed by atoms with Gasteiger partial charge in [0.15, 0.2) is 5.72 Å². The normalized spacial score (nSPS) is 20.2. The Balaban J connectivity index is 0.000000157. The van der Waals surface area contributed by atoms with Crippen molar-refractivity contribution in [3.05, 3.63) is 129 Å². The third-order valence-electron chi connectivity index (χ3n) is 9.37. The summed E-state index contributed by atoms with van der Waals surface area (Å²) in [6, 6.07) is 23.4. The number of fused-ring (bicyclic) bond motifs is 4. The Morgan fingerprint density at radius 3 is 2.24 bits per heavy atom. The number of rotatable bonds is 6. The van der Waals surface area contributed by atoms with Crippen LogP contribution in [0.4, 0.5) is 20.2 Å². The van der Waals surface area contributed by atoms with E-state index in [1.807, 2.05) is 11.0 Å². The molecule has 1 saturated carbocycles. The molecule has 50 heavy (non-hydrogen) atoms. The number of aliphatic hydroxyl groups is 1. The minimum atomic E-state index is -1.23. The van der Waals surface area contributed by atoms with Gasteiger partial charge in [-0.15, -0.1) is 0 Å². The third-order valence-corrected chi connectivity index (χ3v) is 9.84. The molecule has 4 aliphatic rings. The van der Waals surface area contributed by atoms with Crippen molar-refractivity contribution in [1.82, 2.24) is 4.90 Å². The number of aliphatic hydroxyl groups excluding tert-OH is 1. The van der Waals surface area contributed by atoms with Gasteiger partial charge in [0.1, 0.15) is 18.2 Å². The van der Waals surface area contributed by atoms with Crippen LogP contribution in [0.1, 0.15) is 35.1 Å². The second kappa shape index (κ2) is 14.2. The fourth-order valence-electron chi connectivity index (χ4n) is 6.89. The molecule has 3 aliphatic heterocycles. The number of benzene rings is 4. The van der Waals surface area contributed by atoms with Gasteiger partial charge in [-0.05, 0) is 73.4 Å². The molecule has 8 rings (SSSR count). The van der Waals surface area contributed by atoms with Crippen molar-refractivity contribution >= 4 is 52.1 Å². The van der Waals surface area contributed by atoms with E-state index in [1.54, 1.807) is 71.6 Å². The van der Waals surface area contributed by atoms with E-state index < -0.39 is 11.5 Å². The van der Waals surface area contributed by atoms with Crippen LogP contribution in [-0.4, -0.2) is 73.5 Å². The second-order valence-corrected chi connectivity index (χ2v) is 13.5. The number of aliphatic imine (C=N–C) groups is 1. The average Bonchev–Trinajstić information content (AvgIpc) is 3.87. The standard InChI is InChI=1S/C19H18ClFN2O3.C19H16ClFN2O/c20-13-5-6-17-15(11-13)19(14-3-1-2-4-16(14)21)22(8-10-26-19)12-18(25)23(17)7-9-24;20-13-7-8-17-15(9-13)19(14-3-1-2-4-16(14)21)22-10-18(24)23(17)11-12-5-6-12/h1-6,11,24H,7-10,12H2;1-4,7-9,12H,5-6,10-11H2. The van der Waals surface area contributed by atoms with Gasteiger partial charge in [0.05, 0.1) is 36.8 Å². The van der Waals surface area contributed by atoms with Crippen molar-refractivity contribution in [1.29, 1.82) is 0 Å². The maximum absolute atomic E-state index is 14.8. The number of β-amino-alcohol motifs (C(OH)–C–C–N with tert-alkyl or cyclic N) is 1. The molecule has 0 aromatic heterocycles. The number of benzodiazepines with no additional fused rings is 1. The van der Waals surface area contributed by atoms with E-state index in [9.17, 15) is 23.5 Å². The molecular formula is C38H34Cl2F2N4O4. The van der Waals surface area contributed by atoms with Crippen molar-refractivity contribution in [2.75, 3.05) is 55.7 Å². The van der Waals surface area contributed by atoms with Gasteiger partial charge < -0.3 is 19.6 Å². The van der Waals surface area contributed by atoms with E-state index in [4.69, 9.17) is 27.9 Å². The number of carbonyl (C=O) groups is 2. The first-order chi connectivity index (χ1) is 24.2. The Hall–Kier alpha value is -4.19. The summed E-state index contributed by atoms with van der Waals surface area (Å²) >= 11 is 12.4. The molecule has 0 radical (unpaired) electrons. The first-order valence-corrected chi connectivity index (χ1v) is 17.2. The molecule has 1 saturated heterocycles. The zero-order valence-corrected chi connectivity index (χ0v) is 28.5. The number of amides is 2. The highest BCUT2D eigenvalue weighted by molar-refractivity contribution is 6.32. The molecule has 0 spiro atoms. The number of hydrogen-bond donors (Lipinski definition) is 1. The monoisotopic (exact) mass is 718 g/mol. The lowest BCUT2D eigenvalue weighted by Crippen LogP contribution is -2.46. The minimum Gasteiger partial charge on any atom is -0.395 e. The summed E-state index contributed by atoms with van der Waals surface area (Å²) in [5, 5.41) is 10.4. The first-order valence-electron chi connectivity index (χ1n) is 16.5. The summed E-state index contributed by atoms with van der Waals surface area (Å²) < 4.78 is 35.2. The molecule has 1 N–H and O–H groups in total. The molecule has 1 atom stereocenters. The van der Waals surface area contributed by atoms with Crippen molar-refractivity contribution in [2.24, 2.45) is 10.9 Å². The van der Waals surface area contributed by atoms with E-state index in [-0.39, 0.29) is 43.9 Å². The molecule has 1 unspecified atom stereocenters. The number of anilines is 2. The molecule has 2 amide bonds. The smallest absolute Gasteiger partial charge is 0.248 e. The fraction of sp³-hybridized carbons (Fsp3) is 0.289. The summed E-state index contributed by atoms with van der Waals surface area (Å²) in [7, 11) is 0. The summed E-state index contributed by atoms with van der Waals surface area (Å²) in [5.41, 5.74) is 2.63. The van der Waals surface area contributed by atoms with Crippen LogP contribution in [-0.2, 0) is 20.1 Å². The molecular weight excluding hydrogens is 685 g/mol. The fourth-order valence-corrected chi connectivity index (χ4v) is 7.23. The number of halogens is 4. The van der Waals surface area contributed by atoms with E-state index in [2.05, 4.69) is 4.99 Å². The molecule has 2 fully saturated rings. The van der Waals surface area contributed by atoms with Gasteiger partial charge in [0, 0.05) is 51.9 Å². The van der Waals surface area contributed by atoms with Gasteiger partial charge in [-0.2, -0.15) is 0 Å². The molecule has 8 nitrogen and oxygen atoms in total. The lowest BCUT2D eigenvalue weighted by molar-refractivity contribution is -0.123. The Bertz CT molecular complexity index is 1990. The number of ether oxygens (including phenoxy) is 1. The largest absolute Gasteiger partial charge is 0.395 e. The van der Waals surface area contributed by atoms with Gasteiger partial charge in [0.25, 0.3) is 0 Å². The minimum absolute atomic E-state index is 0.0166. The number of carbonyl (C=O) groups excluding carboxylic acids is 2. The highest BCUT2D eigenvalue weighted by atomic mass is 35.5. The summed E-state index contributed by atoms with van der Waals surface area (Å²) in [6.45, 7) is 1.58. The van der Waals surface area contributed by atoms with Crippen molar-refractivity contribution in [3.8, 4) is 0 Å². The SMILES string of the molecule is O=C1CN2CCOC2(c2ccccc2F)c2cc(Cl)ccc2N1CCO.O=C1CN=C(c2ccccc2F)c2cc(Cl)ccc2N1CC1CC1. The van der Waals surface area contributed by atoms with Crippen LogP contribution < -0.4 is 9.80 Å². The van der Waals surface area contributed by atoms with E-state index in [1.165, 1.54) is 17.0 Å². The van der Waals surface area contributed by atoms with Crippen molar-refractivity contribution in [3.63, 3.8) is 0 Å². The van der Waals surface area contributed by atoms with Crippen LogP contribution in [0.15, 0.2) is 89.9 Å². The van der Waals surface area contributed by atoms with Crippen molar-refractivity contribution in [2.45, 2.75) is 18.6 Å². The Morgan fingerprint density at radius 1 is 0.820 bits per heavy atom. The molecule has 258 valence electrons. The zero-order valence-electron chi connectivity index (χ0n) is 27.0.